The quantitative estimate of drug-likeness (QED) is 0.783. The molecule has 0 aliphatic carbocycles. The molecule has 0 unspecified atom stereocenters. The first-order valence-corrected chi connectivity index (χ1v) is 7.90. The van der Waals surface area contributed by atoms with Crippen molar-refractivity contribution in [3.05, 3.63) is 47.6 Å². The minimum atomic E-state index is 0.667. The monoisotopic (exact) mass is 298 g/mol. The maximum absolute atomic E-state index is 5.70. The molecule has 0 aliphatic heterocycles. The lowest BCUT2D eigenvalue weighted by molar-refractivity contribution is 0.811. The SMILES string of the molecule is Cc1cccc(N(CCCN)c2ncnc3sccc23)c1. The van der Waals surface area contributed by atoms with Gasteiger partial charge >= 0.3 is 0 Å². The molecule has 108 valence electrons. The van der Waals surface area contributed by atoms with E-state index in [1.54, 1.807) is 17.7 Å². The summed E-state index contributed by atoms with van der Waals surface area (Å²) in [6.45, 7) is 3.62. The first kappa shape index (κ1) is 14.0. The van der Waals surface area contributed by atoms with E-state index >= 15 is 0 Å². The number of nitrogens with two attached hydrogens (primary N) is 1. The molecule has 0 atom stereocenters. The molecule has 4 nitrogen and oxygen atoms in total. The Morgan fingerprint density at radius 3 is 2.95 bits per heavy atom. The number of thiophene rings is 1. The Morgan fingerprint density at radius 1 is 1.24 bits per heavy atom. The van der Waals surface area contributed by atoms with E-state index < -0.39 is 0 Å². The van der Waals surface area contributed by atoms with Gasteiger partial charge in [0, 0.05) is 12.2 Å². The molecule has 0 radical (unpaired) electrons. The van der Waals surface area contributed by atoms with E-state index in [0.29, 0.717) is 6.54 Å². The molecule has 0 fully saturated rings. The maximum atomic E-state index is 5.70. The van der Waals surface area contributed by atoms with E-state index in [4.69, 9.17) is 5.73 Å². The molecule has 3 aromatic rings. The summed E-state index contributed by atoms with van der Waals surface area (Å²) in [5.74, 6) is 0.959. The summed E-state index contributed by atoms with van der Waals surface area (Å²) in [6.07, 6.45) is 2.56. The predicted molar refractivity (Wildman–Crippen MR) is 89.3 cm³/mol. The van der Waals surface area contributed by atoms with Crippen molar-refractivity contribution in [1.29, 1.82) is 0 Å². The van der Waals surface area contributed by atoms with Crippen LogP contribution in [0.2, 0.25) is 0 Å². The first-order chi connectivity index (χ1) is 10.3. The van der Waals surface area contributed by atoms with E-state index in [-0.39, 0.29) is 0 Å². The van der Waals surface area contributed by atoms with E-state index in [2.05, 4.69) is 57.5 Å². The van der Waals surface area contributed by atoms with Gasteiger partial charge in [-0.15, -0.1) is 11.3 Å². The van der Waals surface area contributed by atoms with Gasteiger partial charge in [-0.1, -0.05) is 12.1 Å². The van der Waals surface area contributed by atoms with E-state index in [1.165, 1.54) is 5.56 Å². The molecule has 5 heteroatoms. The number of benzene rings is 1. The summed E-state index contributed by atoms with van der Waals surface area (Å²) in [4.78, 5) is 12.1. The molecule has 2 heterocycles. The van der Waals surface area contributed by atoms with Crippen LogP contribution in [0.1, 0.15) is 12.0 Å². The second-order valence-corrected chi connectivity index (χ2v) is 5.86. The van der Waals surface area contributed by atoms with Crippen LogP contribution in [-0.2, 0) is 0 Å². The van der Waals surface area contributed by atoms with Gasteiger partial charge in [0.05, 0.1) is 5.39 Å². The topological polar surface area (TPSA) is 55.0 Å². The Bertz CT molecular complexity index is 738. The van der Waals surface area contributed by atoms with Crippen LogP contribution in [0.25, 0.3) is 10.2 Å². The van der Waals surface area contributed by atoms with Crippen LogP contribution in [0.5, 0.6) is 0 Å². The number of aromatic nitrogens is 2. The molecule has 21 heavy (non-hydrogen) atoms. The predicted octanol–water partition coefficient (Wildman–Crippen LogP) is 3.49. The lowest BCUT2D eigenvalue weighted by Gasteiger charge is -2.24. The Kier molecular flexibility index (Phi) is 4.13. The molecular formula is C16H18N4S. The zero-order chi connectivity index (χ0) is 14.7. The highest BCUT2D eigenvalue weighted by molar-refractivity contribution is 7.16. The van der Waals surface area contributed by atoms with Crippen LogP contribution in [0.15, 0.2) is 42.0 Å². The molecule has 1 aromatic carbocycles. The highest BCUT2D eigenvalue weighted by atomic mass is 32.1. The fourth-order valence-electron chi connectivity index (χ4n) is 2.39. The van der Waals surface area contributed by atoms with Crippen molar-refractivity contribution in [1.82, 2.24) is 9.97 Å². The number of aryl methyl sites for hydroxylation is 1. The van der Waals surface area contributed by atoms with E-state index in [1.807, 2.05) is 0 Å². The van der Waals surface area contributed by atoms with Gasteiger partial charge in [-0.3, -0.25) is 0 Å². The fraction of sp³-hybridized carbons (Fsp3) is 0.250. The summed E-state index contributed by atoms with van der Waals surface area (Å²) in [5, 5.41) is 3.15. The van der Waals surface area contributed by atoms with Gasteiger partial charge < -0.3 is 10.6 Å². The van der Waals surface area contributed by atoms with Crippen LogP contribution in [0, 0.1) is 6.92 Å². The summed E-state index contributed by atoms with van der Waals surface area (Å²) in [6, 6.07) is 10.6. The zero-order valence-electron chi connectivity index (χ0n) is 12.0. The third-order valence-corrected chi connectivity index (χ3v) is 4.22. The van der Waals surface area contributed by atoms with Gasteiger partial charge in [0.15, 0.2) is 0 Å². The molecule has 3 rings (SSSR count). The molecule has 0 aliphatic rings. The minimum absolute atomic E-state index is 0.667. The highest BCUT2D eigenvalue weighted by Crippen LogP contribution is 2.32. The normalized spacial score (nSPS) is 11.0. The van der Waals surface area contributed by atoms with Crippen molar-refractivity contribution in [3.63, 3.8) is 0 Å². The van der Waals surface area contributed by atoms with Crippen molar-refractivity contribution in [2.45, 2.75) is 13.3 Å². The average molecular weight is 298 g/mol. The van der Waals surface area contributed by atoms with Gasteiger partial charge in [-0.2, -0.15) is 0 Å². The Morgan fingerprint density at radius 2 is 2.14 bits per heavy atom. The van der Waals surface area contributed by atoms with Crippen LogP contribution >= 0.6 is 11.3 Å². The second kappa shape index (κ2) is 6.20. The lowest BCUT2D eigenvalue weighted by atomic mass is 10.2. The Balaban J connectivity index is 2.08. The van der Waals surface area contributed by atoms with E-state index in [9.17, 15) is 0 Å². The summed E-state index contributed by atoms with van der Waals surface area (Å²) in [5.41, 5.74) is 8.08. The number of rotatable bonds is 5. The van der Waals surface area contributed by atoms with Gasteiger partial charge in [-0.05, 0) is 49.0 Å². The molecule has 0 spiro atoms. The molecule has 2 aromatic heterocycles. The van der Waals surface area contributed by atoms with Crippen molar-refractivity contribution in [2.75, 3.05) is 18.0 Å². The van der Waals surface area contributed by atoms with Crippen LogP contribution in [0.3, 0.4) is 0 Å². The Labute approximate surface area is 128 Å². The van der Waals surface area contributed by atoms with Gasteiger partial charge in [0.2, 0.25) is 0 Å². The minimum Gasteiger partial charge on any atom is -0.330 e. The standard InChI is InChI=1S/C16H18N4S/c1-12-4-2-5-13(10-12)20(8-3-7-17)15-14-6-9-21-16(14)19-11-18-15/h2,4-6,9-11H,3,7-8,17H2,1H3. The lowest BCUT2D eigenvalue weighted by Crippen LogP contribution is -2.22. The second-order valence-electron chi connectivity index (χ2n) is 4.97. The molecule has 0 saturated carbocycles. The number of hydrogen-bond donors (Lipinski definition) is 1. The summed E-state index contributed by atoms with van der Waals surface area (Å²) in [7, 11) is 0. The van der Waals surface area contributed by atoms with Crippen LogP contribution in [0.4, 0.5) is 11.5 Å². The van der Waals surface area contributed by atoms with Crippen molar-refractivity contribution < 1.29 is 0 Å². The largest absolute Gasteiger partial charge is 0.330 e. The summed E-state index contributed by atoms with van der Waals surface area (Å²) < 4.78 is 0. The molecule has 0 amide bonds. The van der Waals surface area contributed by atoms with Crippen molar-refractivity contribution in [2.24, 2.45) is 5.73 Å². The van der Waals surface area contributed by atoms with Crippen LogP contribution < -0.4 is 10.6 Å². The highest BCUT2D eigenvalue weighted by Gasteiger charge is 2.14. The van der Waals surface area contributed by atoms with Gasteiger partial charge in [-0.25, -0.2) is 9.97 Å². The molecule has 0 saturated heterocycles. The third kappa shape index (κ3) is 2.89. The fourth-order valence-corrected chi connectivity index (χ4v) is 3.12. The zero-order valence-corrected chi connectivity index (χ0v) is 12.8. The number of nitrogens with zero attached hydrogens (tertiary/aromatic N) is 3. The van der Waals surface area contributed by atoms with Crippen molar-refractivity contribution >= 4 is 33.1 Å². The number of fused-ring (bicyclic) bond motifs is 1. The van der Waals surface area contributed by atoms with Gasteiger partial charge in [0.1, 0.15) is 17.0 Å². The molecule has 2 N–H and O–H groups in total. The third-order valence-electron chi connectivity index (χ3n) is 3.40. The smallest absolute Gasteiger partial charge is 0.145 e. The van der Waals surface area contributed by atoms with Crippen molar-refractivity contribution in [3.8, 4) is 0 Å². The number of hydrogen-bond acceptors (Lipinski definition) is 5. The molecular weight excluding hydrogens is 280 g/mol. The van der Waals surface area contributed by atoms with Crippen LogP contribution in [-0.4, -0.2) is 23.1 Å². The average Bonchev–Trinajstić information content (AvgIpc) is 2.97. The number of anilines is 2. The Hall–Kier alpha value is -1.98. The van der Waals surface area contributed by atoms with Gasteiger partial charge in [0.25, 0.3) is 0 Å². The summed E-state index contributed by atoms with van der Waals surface area (Å²) >= 11 is 1.64. The maximum Gasteiger partial charge on any atom is 0.145 e. The first-order valence-electron chi connectivity index (χ1n) is 7.02. The van der Waals surface area contributed by atoms with E-state index in [0.717, 1.165) is 34.7 Å². The molecule has 0 bridgehead atoms.